The monoisotopic (exact) mass is 484 g/mol. The highest BCUT2D eigenvalue weighted by Gasteiger charge is 2.23. The minimum Gasteiger partial charge on any atom is -0.379 e. The fourth-order valence-corrected chi connectivity index (χ4v) is 5.15. The van der Waals surface area contributed by atoms with Gasteiger partial charge in [0.05, 0.1) is 29.9 Å². The van der Waals surface area contributed by atoms with Crippen LogP contribution in [0.15, 0.2) is 46.9 Å². The topological polar surface area (TPSA) is 93.8 Å². The largest absolute Gasteiger partial charge is 0.379 e. The van der Waals surface area contributed by atoms with Crippen molar-refractivity contribution in [1.29, 1.82) is 0 Å². The molecule has 1 saturated heterocycles. The molecule has 1 atom stereocenters. The van der Waals surface area contributed by atoms with Crippen LogP contribution in [0.1, 0.15) is 20.3 Å². The molecule has 9 nitrogen and oxygen atoms in total. The molecule has 1 N–H and O–H groups in total. The van der Waals surface area contributed by atoms with Gasteiger partial charge in [-0.3, -0.25) is 23.5 Å². The molecule has 1 aliphatic heterocycles. The van der Waals surface area contributed by atoms with Crippen molar-refractivity contribution < 1.29 is 9.53 Å². The summed E-state index contributed by atoms with van der Waals surface area (Å²) in [6.07, 6.45) is 2.68. The first-order chi connectivity index (χ1) is 16.5. The van der Waals surface area contributed by atoms with E-state index in [1.807, 2.05) is 22.6 Å². The molecular weight excluding hydrogens is 452 g/mol. The number of ether oxygens (including phenoxy) is 1. The maximum absolute atomic E-state index is 12.9. The summed E-state index contributed by atoms with van der Waals surface area (Å²) in [5.41, 5.74) is 0.587. The van der Waals surface area contributed by atoms with E-state index in [9.17, 15) is 9.59 Å². The van der Waals surface area contributed by atoms with Crippen LogP contribution in [0.3, 0.4) is 0 Å². The zero-order valence-corrected chi connectivity index (χ0v) is 20.6. The zero-order chi connectivity index (χ0) is 24.1. The van der Waals surface area contributed by atoms with Gasteiger partial charge in [0.2, 0.25) is 11.7 Å². The van der Waals surface area contributed by atoms with Gasteiger partial charge in [0, 0.05) is 32.2 Å². The summed E-state index contributed by atoms with van der Waals surface area (Å²) in [6, 6.07) is 7.66. The number of carbonyl (C=O) groups excluding carboxylic acids is 1. The number of rotatable bonds is 10. The van der Waals surface area contributed by atoms with E-state index >= 15 is 0 Å². The van der Waals surface area contributed by atoms with Crippen LogP contribution in [-0.4, -0.2) is 74.6 Å². The van der Waals surface area contributed by atoms with Crippen LogP contribution in [0.4, 0.5) is 0 Å². The highest BCUT2D eigenvalue weighted by atomic mass is 32.2. The van der Waals surface area contributed by atoms with E-state index in [2.05, 4.69) is 40.8 Å². The number of aromatic nitrogens is 4. The highest BCUT2D eigenvalue weighted by molar-refractivity contribution is 7.99. The fourth-order valence-electron chi connectivity index (χ4n) is 4.38. The Balaban J connectivity index is 1.48. The Morgan fingerprint density at radius 1 is 1.26 bits per heavy atom. The summed E-state index contributed by atoms with van der Waals surface area (Å²) in [7, 11) is 0. The molecule has 0 aliphatic carbocycles. The average molecular weight is 485 g/mol. The quantitative estimate of drug-likeness (QED) is 0.348. The summed E-state index contributed by atoms with van der Waals surface area (Å²) in [4.78, 5) is 28.1. The molecule has 3 aromatic rings. The number of nitrogens with one attached hydrogen (secondary N) is 1. The average Bonchev–Trinajstić information content (AvgIpc) is 3.27. The summed E-state index contributed by atoms with van der Waals surface area (Å²) < 4.78 is 8.87. The minimum atomic E-state index is -0.135. The van der Waals surface area contributed by atoms with Crippen LogP contribution < -0.4 is 10.9 Å². The molecule has 1 aliphatic rings. The Hall–Kier alpha value is -2.69. The minimum absolute atomic E-state index is 0.0486. The summed E-state index contributed by atoms with van der Waals surface area (Å²) in [5, 5.41) is 12.8. The predicted molar refractivity (Wildman–Crippen MR) is 134 cm³/mol. The number of hydrogen-bond donors (Lipinski definition) is 1. The third kappa shape index (κ3) is 5.34. The van der Waals surface area contributed by atoms with Gasteiger partial charge in [0.1, 0.15) is 0 Å². The Bertz CT molecular complexity index is 1210. The van der Waals surface area contributed by atoms with Crippen LogP contribution >= 0.6 is 11.8 Å². The number of hydrogen-bond acceptors (Lipinski definition) is 7. The van der Waals surface area contributed by atoms with Crippen molar-refractivity contribution in [1.82, 2.24) is 29.4 Å². The van der Waals surface area contributed by atoms with Crippen molar-refractivity contribution in [3.05, 3.63) is 47.3 Å². The molecule has 0 radical (unpaired) electrons. The first kappa shape index (κ1) is 24.4. The number of amides is 1. The van der Waals surface area contributed by atoms with Gasteiger partial charge in [-0.2, -0.15) is 0 Å². The molecule has 182 valence electrons. The third-order valence-electron chi connectivity index (χ3n) is 5.96. The smallest absolute Gasteiger partial charge is 0.263 e. The number of thioether (sulfide) groups is 1. The second-order valence-electron chi connectivity index (χ2n) is 8.86. The second-order valence-corrected chi connectivity index (χ2v) is 9.81. The molecule has 1 unspecified atom stereocenters. The van der Waals surface area contributed by atoms with Crippen LogP contribution in [0.5, 0.6) is 0 Å². The van der Waals surface area contributed by atoms with Crippen LogP contribution in [0, 0.1) is 5.92 Å². The molecule has 4 rings (SSSR count). The number of para-hydroxylation sites is 1. The number of allylic oxidation sites excluding steroid dienone is 1. The van der Waals surface area contributed by atoms with Gasteiger partial charge >= 0.3 is 0 Å². The Morgan fingerprint density at radius 2 is 2.03 bits per heavy atom. The third-order valence-corrected chi connectivity index (χ3v) is 6.89. The predicted octanol–water partition coefficient (Wildman–Crippen LogP) is 2.19. The van der Waals surface area contributed by atoms with Gasteiger partial charge in [-0.05, 0) is 24.5 Å². The lowest BCUT2D eigenvalue weighted by molar-refractivity contribution is -0.118. The summed E-state index contributed by atoms with van der Waals surface area (Å²) in [6.45, 7) is 12.4. The molecule has 34 heavy (non-hydrogen) atoms. The van der Waals surface area contributed by atoms with Crippen molar-refractivity contribution in [3.8, 4) is 0 Å². The first-order valence-electron chi connectivity index (χ1n) is 11.7. The SMILES string of the molecule is C=CCn1c(=O)c2ccccc2n2c(SCC(=O)NCC(CC(C)C)N3CCOCC3)nnc12. The summed E-state index contributed by atoms with van der Waals surface area (Å²) >= 11 is 1.32. The molecule has 1 fully saturated rings. The van der Waals surface area contributed by atoms with Gasteiger partial charge in [-0.1, -0.05) is 43.8 Å². The van der Waals surface area contributed by atoms with E-state index < -0.39 is 0 Å². The fraction of sp³-hybridized carbons (Fsp3) is 0.500. The van der Waals surface area contributed by atoms with Crippen LogP contribution in [-0.2, 0) is 16.1 Å². The van der Waals surface area contributed by atoms with Crippen molar-refractivity contribution >= 4 is 34.3 Å². The number of benzene rings is 1. The molecule has 0 bridgehead atoms. The molecule has 1 aromatic carbocycles. The van der Waals surface area contributed by atoms with E-state index in [0.717, 1.165) is 38.2 Å². The lowest BCUT2D eigenvalue weighted by Crippen LogP contribution is -2.49. The Morgan fingerprint density at radius 3 is 2.76 bits per heavy atom. The number of nitrogens with zero attached hydrogens (tertiary/aromatic N) is 5. The molecule has 3 heterocycles. The van der Waals surface area contributed by atoms with E-state index in [-0.39, 0.29) is 17.2 Å². The lowest BCUT2D eigenvalue weighted by Gasteiger charge is -2.35. The Kier molecular flexibility index (Phi) is 8.02. The van der Waals surface area contributed by atoms with Gasteiger partial charge in [0.15, 0.2) is 5.16 Å². The maximum Gasteiger partial charge on any atom is 0.263 e. The highest BCUT2D eigenvalue weighted by Crippen LogP contribution is 2.21. The van der Waals surface area contributed by atoms with E-state index in [0.29, 0.717) is 41.4 Å². The van der Waals surface area contributed by atoms with Crippen molar-refractivity contribution in [3.63, 3.8) is 0 Å². The standard InChI is InChI=1S/C24H32N6O3S/c1-4-9-29-22(32)19-7-5-6-8-20(19)30-23(29)26-27-24(30)34-16-21(31)25-15-18(14-17(2)3)28-10-12-33-13-11-28/h4-8,17-18H,1,9-16H2,2-3H3,(H,25,31). The normalized spacial score (nSPS) is 15.7. The van der Waals surface area contributed by atoms with Gasteiger partial charge in [-0.15, -0.1) is 16.8 Å². The van der Waals surface area contributed by atoms with E-state index in [1.165, 1.54) is 11.8 Å². The molecule has 0 spiro atoms. The van der Waals surface area contributed by atoms with E-state index in [4.69, 9.17) is 4.74 Å². The molecule has 2 aromatic heterocycles. The van der Waals surface area contributed by atoms with Crippen LogP contribution in [0.2, 0.25) is 0 Å². The van der Waals surface area contributed by atoms with Crippen molar-refractivity contribution in [2.75, 3.05) is 38.6 Å². The zero-order valence-electron chi connectivity index (χ0n) is 19.8. The molecule has 0 saturated carbocycles. The Labute approximate surface area is 203 Å². The van der Waals surface area contributed by atoms with Crippen molar-refractivity contribution in [2.45, 2.75) is 38.0 Å². The second kappa shape index (κ2) is 11.2. The van der Waals surface area contributed by atoms with E-state index in [1.54, 1.807) is 16.7 Å². The van der Waals surface area contributed by atoms with Gasteiger partial charge in [-0.25, -0.2) is 0 Å². The molecule has 1 amide bonds. The number of fused-ring (bicyclic) bond motifs is 3. The van der Waals surface area contributed by atoms with Crippen LogP contribution in [0.25, 0.3) is 16.7 Å². The maximum atomic E-state index is 12.9. The van der Waals surface area contributed by atoms with Gasteiger partial charge < -0.3 is 10.1 Å². The first-order valence-corrected chi connectivity index (χ1v) is 12.7. The number of carbonyl (C=O) groups is 1. The molecular formula is C24H32N6O3S. The number of morpholine rings is 1. The van der Waals surface area contributed by atoms with Gasteiger partial charge in [0.25, 0.3) is 5.56 Å². The van der Waals surface area contributed by atoms with Crippen molar-refractivity contribution in [2.24, 2.45) is 5.92 Å². The lowest BCUT2D eigenvalue weighted by atomic mass is 10.0. The molecule has 10 heteroatoms. The summed E-state index contributed by atoms with van der Waals surface area (Å²) in [5.74, 6) is 1.15.